The van der Waals surface area contributed by atoms with E-state index in [1.54, 1.807) is 23.7 Å². The van der Waals surface area contributed by atoms with Gasteiger partial charge in [0.2, 0.25) is 5.78 Å². The second-order valence-corrected chi connectivity index (χ2v) is 6.24. The Morgan fingerprint density at radius 3 is 2.68 bits per heavy atom. The van der Waals surface area contributed by atoms with Gasteiger partial charge in [-0.25, -0.2) is 9.78 Å². The molecule has 0 fully saturated rings. The molecule has 0 bridgehead atoms. The molecular formula is C11H7Cl2N3O2S. The van der Waals surface area contributed by atoms with Crippen LogP contribution in [0.4, 0.5) is 0 Å². The zero-order chi connectivity index (χ0) is 13.7. The Kier molecular flexibility index (Phi) is 2.81. The predicted octanol–water partition coefficient (Wildman–Crippen LogP) is 3.41. The second kappa shape index (κ2) is 4.26. The second-order valence-electron chi connectivity index (χ2n) is 3.95. The van der Waals surface area contributed by atoms with Gasteiger partial charge in [0.25, 0.3) is 0 Å². The van der Waals surface area contributed by atoms with Crippen LogP contribution in [-0.2, 0) is 7.05 Å². The van der Waals surface area contributed by atoms with Crippen molar-refractivity contribution in [1.82, 2.24) is 14.0 Å². The molecule has 8 heteroatoms. The third-order valence-electron chi connectivity index (χ3n) is 2.79. The highest BCUT2D eigenvalue weighted by molar-refractivity contribution is 7.20. The van der Waals surface area contributed by atoms with E-state index >= 15 is 0 Å². The first kappa shape index (κ1) is 12.5. The van der Waals surface area contributed by atoms with Crippen molar-refractivity contribution in [2.45, 2.75) is 0 Å². The molecular weight excluding hydrogens is 309 g/mol. The lowest BCUT2D eigenvalue weighted by atomic mass is 10.3. The number of fused-ring (bicyclic) bond motifs is 1. The van der Waals surface area contributed by atoms with Crippen LogP contribution in [0.15, 0.2) is 18.5 Å². The smallest absolute Gasteiger partial charge is 0.354 e. The summed E-state index contributed by atoms with van der Waals surface area (Å²) in [6, 6.07) is 1.74. The van der Waals surface area contributed by atoms with Crippen LogP contribution in [0.5, 0.6) is 0 Å². The van der Waals surface area contributed by atoms with Crippen LogP contribution in [0, 0.1) is 0 Å². The van der Waals surface area contributed by atoms with E-state index in [4.69, 9.17) is 28.3 Å². The van der Waals surface area contributed by atoms with E-state index in [2.05, 4.69) is 4.98 Å². The fourth-order valence-electron chi connectivity index (χ4n) is 1.90. The van der Waals surface area contributed by atoms with Gasteiger partial charge in [-0.2, -0.15) is 0 Å². The van der Waals surface area contributed by atoms with Crippen LogP contribution in [0.2, 0.25) is 8.67 Å². The predicted molar refractivity (Wildman–Crippen MR) is 74.5 cm³/mol. The topological polar surface area (TPSA) is 59.5 Å². The van der Waals surface area contributed by atoms with E-state index in [1.807, 2.05) is 0 Å². The number of rotatable bonds is 2. The van der Waals surface area contributed by atoms with Crippen molar-refractivity contribution in [3.05, 3.63) is 32.8 Å². The van der Waals surface area contributed by atoms with Crippen molar-refractivity contribution in [1.29, 1.82) is 0 Å². The maximum atomic E-state index is 11.0. The molecule has 0 radical (unpaired) electrons. The Morgan fingerprint density at radius 2 is 2.16 bits per heavy atom. The largest absolute Gasteiger partial charge is 0.477 e. The van der Waals surface area contributed by atoms with Crippen LogP contribution in [-0.4, -0.2) is 25.0 Å². The molecule has 1 N–H and O–H groups in total. The molecule has 3 heterocycles. The van der Waals surface area contributed by atoms with Crippen LogP contribution in [0.3, 0.4) is 0 Å². The highest BCUT2D eigenvalue weighted by Gasteiger charge is 2.17. The van der Waals surface area contributed by atoms with Gasteiger partial charge in [-0.05, 0) is 6.07 Å². The molecule has 3 rings (SSSR count). The number of hydrogen-bond donors (Lipinski definition) is 1. The first-order valence-corrected chi connectivity index (χ1v) is 6.77. The SMILES string of the molecule is Cn1c(C(=O)O)cn2cc(-c3cc(Cl)sc3Cl)nc12. The molecule has 0 atom stereocenters. The highest BCUT2D eigenvalue weighted by Crippen LogP contribution is 2.37. The quantitative estimate of drug-likeness (QED) is 0.788. The number of carboxylic acid groups (broad SMARTS) is 1. The molecule has 0 spiro atoms. The van der Waals surface area contributed by atoms with Crippen LogP contribution in [0.25, 0.3) is 17.0 Å². The molecule has 0 saturated heterocycles. The lowest BCUT2D eigenvalue weighted by Gasteiger charge is -1.95. The summed E-state index contributed by atoms with van der Waals surface area (Å²) in [4.78, 5) is 15.4. The zero-order valence-electron chi connectivity index (χ0n) is 9.59. The van der Waals surface area contributed by atoms with E-state index in [9.17, 15) is 4.79 Å². The zero-order valence-corrected chi connectivity index (χ0v) is 11.9. The summed E-state index contributed by atoms with van der Waals surface area (Å²) >= 11 is 13.3. The van der Waals surface area contributed by atoms with E-state index in [0.29, 0.717) is 20.1 Å². The van der Waals surface area contributed by atoms with Crippen LogP contribution < -0.4 is 0 Å². The average Bonchev–Trinajstić information content (AvgIpc) is 2.94. The van der Waals surface area contributed by atoms with Crippen molar-refractivity contribution in [2.75, 3.05) is 0 Å². The van der Waals surface area contributed by atoms with Gasteiger partial charge in [-0.3, -0.25) is 4.40 Å². The monoisotopic (exact) mass is 315 g/mol. The molecule has 0 aliphatic heterocycles. The molecule has 0 aliphatic rings. The van der Waals surface area contributed by atoms with Crippen molar-refractivity contribution in [3.63, 3.8) is 0 Å². The molecule has 0 amide bonds. The van der Waals surface area contributed by atoms with E-state index in [-0.39, 0.29) is 5.69 Å². The summed E-state index contributed by atoms with van der Waals surface area (Å²) in [6.45, 7) is 0. The van der Waals surface area contributed by atoms with Crippen molar-refractivity contribution < 1.29 is 9.90 Å². The van der Waals surface area contributed by atoms with E-state index < -0.39 is 5.97 Å². The number of nitrogens with zero attached hydrogens (tertiary/aromatic N) is 3. The standard InChI is InChI=1S/C11H7Cl2N3O2S/c1-15-7(10(17)18)4-16-3-6(14-11(15)16)5-2-8(12)19-9(5)13/h2-4H,1H3,(H,17,18). The molecule has 0 aromatic carbocycles. The fraction of sp³-hybridized carbons (Fsp3) is 0.0909. The number of carbonyl (C=O) groups is 1. The molecule has 3 aromatic rings. The highest BCUT2D eigenvalue weighted by atomic mass is 35.5. The van der Waals surface area contributed by atoms with Gasteiger partial charge in [0.15, 0.2) is 0 Å². The third-order valence-corrected chi connectivity index (χ3v) is 4.27. The molecule has 0 unspecified atom stereocenters. The number of aromatic carboxylic acids is 1. The number of imidazole rings is 2. The molecule has 5 nitrogen and oxygen atoms in total. The number of carboxylic acids is 1. The summed E-state index contributed by atoms with van der Waals surface area (Å²) in [6.07, 6.45) is 3.24. The Bertz CT molecular complexity index is 802. The maximum absolute atomic E-state index is 11.0. The summed E-state index contributed by atoms with van der Waals surface area (Å²) < 4.78 is 4.31. The number of aromatic nitrogens is 3. The molecule has 0 aliphatic carbocycles. The van der Waals surface area contributed by atoms with Crippen molar-refractivity contribution in [3.8, 4) is 11.3 Å². The van der Waals surface area contributed by atoms with Gasteiger partial charge in [0, 0.05) is 25.0 Å². The van der Waals surface area contributed by atoms with Crippen molar-refractivity contribution in [2.24, 2.45) is 7.05 Å². The fourth-order valence-corrected chi connectivity index (χ4v) is 3.38. The van der Waals surface area contributed by atoms with Gasteiger partial charge < -0.3 is 9.67 Å². The first-order valence-electron chi connectivity index (χ1n) is 5.20. The van der Waals surface area contributed by atoms with Crippen LogP contribution in [0.1, 0.15) is 10.5 Å². The number of halogens is 2. The Balaban J connectivity index is 2.18. The third kappa shape index (κ3) is 1.92. The minimum Gasteiger partial charge on any atom is -0.477 e. The minimum absolute atomic E-state index is 0.170. The van der Waals surface area contributed by atoms with E-state index in [0.717, 1.165) is 5.56 Å². The van der Waals surface area contributed by atoms with Gasteiger partial charge >= 0.3 is 5.97 Å². The van der Waals surface area contributed by atoms with Crippen LogP contribution >= 0.6 is 34.5 Å². The van der Waals surface area contributed by atoms with Gasteiger partial charge in [0.1, 0.15) is 10.0 Å². The summed E-state index contributed by atoms with van der Waals surface area (Å²) in [7, 11) is 1.65. The number of hydrogen-bond acceptors (Lipinski definition) is 3. The summed E-state index contributed by atoms with van der Waals surface area (Å²) in [5.41, 5.74) is 1.58. The molecule has 3 aromatic heterocycles. The first-order chi connectivity index (χ1) is 8.97. The molecule has 0 saturated carbocycles. The van der Waals surface area contributed by atoms with Gasteiger partial charge in [-0.1, -0.05) is 23.2 Å². The van der Waals surface area contributed by atoms with Crippen molar-refractivity contribution >= 4 is 46.3 Å². The van der Waals surface area contributed by atoms with Gasteiger partial charge in [-0.15, -0.1) is 11.3 Å². The number of thiophene rings is 1. The Hall–Kier alpha value is -1.50. The minimum atomic E-state index is -0.994. The Morgan fingerprint density at radius 1 is 1.42 bits per heavy atom. The maximum Gasteiger partial charge on any atom is 0.354 e. The average molecular weight is 316 g/mol. The number of aryl methyl sites for hydroxylation is 1. The summed E-state index contributed by atoms with van der Waals surface area (Å²) in [5.74, 6) is -0.461. The van der Waals surface area contributed by atoms with Gasteiger partial charge in [0.05, 0.1) is 10.0 Å². The van der Waals surface area contributed by atoms with E-state index in [1.165, 1.54) is 22.1 Å². The molecule has 19 heavy (non-hydrogen) atoms. The lowest BCUT2D eigenvalue weighted by molar-refractivity contribution is 0.0687. The summed E-state index contributed by atoms with van der Waals surface area (Å²) in [5, 5.41) is 9.02. The molecule has 98 valence electrons. The normalized spacial score (nSPS) is 11.3. The lowest BCUT2D eigenvalue weighted by Crippen LogP contribution is -2.04. The Labute approximate surface area is 121 Å².